The second-order valence-electron chi connectivity index (χ2n) is 4.68. The number of nitrogens with one attached hydrogen (secondary N) is 2. The highest BCUT2D eigenvalue weighted by atomic mass is 32.1. The lowest BCUT2D eigenvalue weighted by Crippen LogP contribution is -2.44. The van der Waals surface area contributed by atoms with E-state index in [0.717, 1.165) is 0 Å². The number of methoxy groups -OCH3 is 1. The molecule has 1 aromatic heterocycles. The first kappa shape index (κ1) is 16.6. The maximum atomic E-state index is 11.6. The highest BCUT2D eigenvalue weighted by molar-refractivity contribution is 7.12. The second-order valence-corrected chi connectivity index (χ2v) is 5.62. The smallest absolute Gasteiger partial charge is 0.261 e. The molecule has 0 aliphatic carbocycles. The minimum Gasteiger partial charge on any atom is -0.388 e. The van der Waals surface area contributed by atoms with E-state index in [0.29, 0.717) is 17.9 Å². The van der Waals surface area contributed by atoms with Gasteiger partial charge in [-0.2, -0.15) is 0 Å². The van der Waals surface area contributed by atoms with Gasteiger partial charge in [0.2, 0.25) is 5.91 Å². The summed E-state index contributed by atoms with van der Waals surface area (Å²) < 4.78 is 4.88. The summed E-state index contributed by atoms with van der Waals surface area (Å²) in [4.78, 5) is 23.7. The molecule has 0 bridgehead atoms. The molecule has 2 amide bonds. The van der Waals surface area contributed by atoms with Crippen molar-refractivity contribution in [2.45, 2.75) is 18.9 Å². The molecule has 0 fully saturated rings. The average molecular weight is 300 g/mol. The molecule has 3 N–H and O–H groups in total. The molecule has 0 aromatic carbocycles. The van der Waals surface area contributed by atoms with Gasteiger partial charge < -0.3 is 20.5 Å². The van der Waals surface area contributed by atoms with Gasteiger partial charge in [-0.05, 0) is 18.4 Å². The van der Waals surface area contributed by atoms with Crippen LogP contribution in [0.15, 0.2) is 17.5 Å². The molecule has 20 heavy (non-hydrogen) atoms. The molecule has 0 saturated carbocycles. The number of rotatable bonds is 8. The standard InChI is InChI=1S/C13H20N2O4S/c1-13(18,5-6-19-2)9-15-11(16)8-14-12(17)10-4-3-7-20-10/h3-4,7,18H,5-6,8-9H2,1-2H3,(H,14,17)(H,15,16). The zero-order valence-corrected chi connectivity index (χ0v) is 12.5. The SMILES string of the molecule is COCCC(C)(O)CNC(=O)CNC(=O)c1cccs1. The summed E-state index contributed by atoms with van der Waals surface area (Å²) in [6, 6.07) is 3.46. The molecule has 0 spiro atoms. The third-order valence-electron chi connectivity index (χ3n) is 2.67. The van der Waals surface area contributed by atoms with Crippen LogP contribution in [0.5, 0.6) is 0 Å². The summed E-state index contributed by atoms with van der Waals surface area (Å²) in [5, 5.41) is 16.8. The van der Waals surface area contributed by atoms with Crippen molar-refractivity contribution in [2.24, 2.45) is 0 Å². The molecule has 6 nitrogen and oxygen atoms in total. The van der Waals surface area contributed by atoms with Gasteiger partial charge in [0, 0.05) is 26.7 Å². The zero-order valence-electron chi connectivity index (χ0n) is 11.6. The Hall–Kier alpha value is -1.44. The lowest BCUT2D eigenvalue weighted by atomic mass is 10.0. The van der Waals surface area contributed by atoms with Gasteiger partial charge in [0.1, 0.15) is 0 Å². The topological polar surface area (TPSA) is 87.7 Å². The maximum Gasteiger partial charge on any atom is 0.261 e. The minimum absolute atomic E-state index is 0.114. The molecule has 7 heteroatoms. The summed E-state index contributed by atoms with van der Waals surface area (Å²) in [6.07, 6.45) is 0.422. The zero-order chi connectivity index (χ0) is 15.0. The highest BCUT2D eigenvalue weighted by Gasteiger charge is 2.20. The van der Waals surface area contributed by atoms with Crippen LogP contribution >= 0.6 is 11.3 Å². The quantitative estimate of drug-likeness (QED) is 0.648. The Kier molecular flexibility index (Phi) is 6.63. The molecular formula is C13H20N2O4S. The number of thiophene rings is 1. The number of amides is 2. The van der Waals surface area contributed by atoms with E-state index in [1.807, 2.05) is 0 Å². The Morgan fingerprint density at radius 3 is 2.80 bits per heavy atom. The summed E-state index contributed by atoms with van der Waals surface area (Å²) in [6.45, 7) is 2.04. The summed E-state index contributed by atoms with van der Waals surface area (Å²) in [7, 11) is 1.55. The predicted molar refractivity (Wildman–Crippen MR) is 76.8 cm³/mol. The van der Waals surface area contributed by atoms with Crippen LogP contribution in [0.2, 0.25) is 0 Å². The van der Waals surface area contributed by atoms with Gasteiger partial charge in [-0.3, -0.25) is 9.59 Å². The van der Waals surface area contributed by atoms with E-state index in [4.69, 9.17) is 4.74 Å². The van der Waals surface area contributed by atoms with Gasteiger partial charge in [-0.15, -0.1) is 11.3 Å². The first-order chi connectivity index (χ1) is 9.44. The predicted octanol–water partition coefficient (Wildman–Crippen LogP) is 0.382. The van der Waals surface area contributed by atoms with Crippen LogP contribution in [0.3, 0.4) is 0 Å². The lowest BCUT2D eigenvalue weighted by molar-refractivity contribution is -0.121. The normalized spacial score (nSPS) is 13.6. The maximum absolute atomic E-state index is 11.6. The van der Waals surface area contributed by atoms with Gasteiger partial charge in [0.25, 0.3) is 5.91 Å². The van der Waals surface area contributed by atoms with Crippen molar-refractivity contribution >= 4 is 23.2 Å². The Morgan fingerprint density at radius 1 is 1.45 bits per heavy atom. The third-order valence-corrected chi connectivity index (χ3v) is 3.53. The van der Waals surface area contributed by atoms with Crippen molar-refractivity contribution in [3.8, 4) is 0 Å². The van der Waals surface area contributed by atoms with Crippen LogP contribution in [0.1, 0.15) is 23.0 Å². The number of ether oxygens (including phenoxy) is 1. The molecule has 1 heterocycles. The Morgan fingerprint density at radius 2 is 2.20 bits per heavy atom. The number of carbonyl (C=O) groups is 2. The summed E-state index contributed by atoms with van der Waals surface area (Å²) >= 11 is 1.31. The van der Waals surface area contributed by atoms with E-state index < -0.39 is 5.60 Å². The fraction of sp³-hybridized carbons (Fsp3) is 0.538. The van der Waals surface area contributed by atoms with Crippen molar-refractivity contribution in [1.29, 1.82) is 0 Å². The van der Waals surface area contributed by atoms with Crippen LogP contribution in [0.4, 0.5) is 0 Å². The van der Waals surface area contributed by atoms with Gasteiger partial charge >= 0.3 is 0 Å². The monoisotopic (exact) mass is 300 g/mol. The number of aliphatic hydroxyl groups is 1. The first-order valence-electron chi connectivity index (χ1n) is 6.24. The molecule has 0 aliphatic heterocycles. The Labute approximate surface area is 122 Å². The Bertz CT molecular complexity index is 432. The van der Waals surface area contributed by atoms with Gasteiger partial charge in [-0.1, -0.05) is 6.07 Å². The second kappa shape index (κ2) is 7.98. The van der Waals surface area contributed by atoms with E-state index >= 15 is 0 Å². The van der Waals surface area contributed by atoms with Crippen molar-refractivity contribution in [3.05, 3.63) is 22.4 Å². The summed E-state index contributed by atoms with van der Waals surface area (Å²) in [5.41, 5.74) is -1.02. The molecule has 1 atom stereocenters. The lowest BCUT2D eigenvalue weighted by Gasteiger charge is -2.23. The molecule has 1 unspecified atom stereocenters. The van der Waals surface area contributed by atoms with Crippen molar-refractivity contribution in [3.63, 3.8) is 0 Å². The van der Waals surface area contributed by atoms with Gasteiger partial charge in [-0.25, -0.2) is 0 Å². The average Bonchev–Trinajstić information content (AvgIpc) is 2.94. The van der Waals surface area contributed by atoms with E-state index in [1.54, 1.807) is 31.5 Å². The molecule has 112 valence electrons. The molecule has 0 saturated heterocycles. The molecule has 1 aromatic rings. The van der Waals surface area contributed by atoms with Crippen LogP contribution in [0.25, 0.3) is 0 Å². The molecular weight excluding hydrogens is 280 g/mol. The van der Waals surface area contributed by atoms with Crippen molar-refractivity contribution in [2.75, 3.05) is 26.8 Å². The van der Waals surface area contributed by atoms with Crippen LogP contribution < -0.4 is 10.6 Å². The third kappa shape index (κ3) is 6.14. The van der Waals surface area contributed by atoms with Crippen LogP contribution in [0, 0.1) is 0 Å². The minimum atomic E-state index is -1.02. The molecule has 0 radical (unpaired) electrons. The van der Waals surface area contributed by atoms with E-state index in [1.165, 1.54) is 11.3 Å². The van der Waals surface area contributed by atoms with Crippen molar-refractivity contribution < 1.29 is 19.4 Å². The fourth-order valence-corrected chi connectivity index (χ4v) is 2.06. The van der Waals surface area contributed by atoms with E-state index in [-0.39, 0.29) is 24.9 Å². The molecule has 0 aliphatic rings. The summed E-state index contributed by atoms with van der Waals surface area (Å²) in [5.74, 6) is -0.617. The van der Waals surface area contributed by atoms with E-state index in [9.17, 15) is 14.7 Å². The molecule has 1 rings (SSSR count). The fourth-order valence-electron chi connectivity index (χ4n) is 1.42. The van der Waals surface area contributed by atoms with Crippen LogP contribution in [-0.4, -0.2) is 49.3 Å². The van der Waals surface area contributed by atoms with Gasteiger partial charge in [0.15, 0.2) is 0 Å². The Balaban J connectivity index is 2.25. The number of hydrogen-bond acceptors (Lipinski definition) is 5. The van der Waals surface area contributed by atoms with Crippen LogP contribution in [-0.2, 0) is 9.53 Å². The first-order valence-corrected chi connectivity index (χ1v) is 7.12. The van der Waals surface area contributed by atoms with Crippen molar-refractivity contribution in [1.82, 2.24) is 10.6 Å². The largest absolute Gasteiger partial charge is 0.388 e. The number of carbonyl (C=O) groups excluding carboxylic acids is 2. The van der Waals surface area contributed by atoms with Gasteiger partial charge in [0.05, 0.1) is 17.0 Å². The van der Waals surface area contributed by atoms with E-state index in [2.05, 4.69) is 10.6 Å². The highest BCUT2D eigenvalue weighted by Crippen LogP contribution is 2.08. The number of hydrogen-bond donors (Lipinski definition) is 3.